The fourth-order valence-electron chi connectivity index (χ4n) is 3.17. The number of rotatable bonds is 8. The molecule has 1 aliphatic heterocycles. The van der Waals surface area contributed by atoms with Gasteiger partial charge in [0, 0.05) is 13.1 Å². The molecule has 4 amide bonds. The topological polar surface area (TPSA) is 96.0 Å². The van der Waals surface area contributed by atoms with Crippen molar-refractivity contribution in [2.45, 2.75) is 20.0 Å². The lowest BCUT2D eigenvalue weighted by atomic mass is 10.1. The van der Waals surface area contributed by atoms with E-state index >= 15 is 0 Å². The van der Waals surface area contributed by atoms with Gasteiger partial charge in [-0.05, 0) is 36.2 Å². The van der Waals surface area contributed by atoms with Crippen molar-refractivity contribution in [3.63, 3.8) is 0 Å². The van der Waals surface area contributed by atoms with Crippen LogP contribution >= 0.6 is 0 Å². The number of nitrogens with zero attached hydrogens (tertiary/aromatic N) is 2. The van der Waals surface area contributed by atoms with Crippen LogP contribution in [0.3, 0.4) is 0 Å². The van der Waals surface area contributed by atoms with Gasteiger partial charge in [-0.15, -0.1) is 0 Å². The zero-order chi connectivity index (χ0) is 22.4. The van der Waals surface area contributed by atoms with Crippen molar-refractivity contribution < 1.29 is 28.3 Å². The molecule has 0 aliphatic carbocycles. The zero-order valence-electron chi connectivity index (χ0n) is 17.0. The molecule has 1 fully saturated rings. The second-order valence-corrected chi connectivity index (χ2v) is 6.91. The summed E-state index contributed by atoms with van der Waals surface area (Å²) >= 11 is 0. The third-order valence-electron chi connectivity index (χ3n) is 4.83. The minimum atomic E-state index is -0.738. The van der Waals surface area contributed by atoms with Crippen LogP contribution in [0.1, 0.15) is 28.4 Å². The van der Waals surface area contributed by atoms with Crippen LogP contribution in [0.25, 0.3) is 0 Å². The van der Waals surface area contributed by atoms with E-state index in [0.29, 0.717) is 17.7 Å². The molecule has 0 spiro atoms. The van der Waals surface area contributed by atoms with E-state index in [1.807, 2.05) is 0 Å². The molecule has 0 saturated carbocycles. The van der Waals surface area contributed by atoms with Crippen LogP contribution in [0.15, 0.2) is 48.5 Å². The normalized spacial score (nSPS) is 13.2. The van der Waals surface area contributed by atoms with Crippen LogP contribution in [0, 0.1) is 5.82 Å². The fourth-order valence-corrected chi connectivity index (χ4v) is 3.17. The molecule has 0 aromatic heterocycles. The lowest BCUT2D eigenvalue weighted by molar-refractivity contribution is -0.135. The van der Waals surface area contributed by atoms with E-state index in [1.165, 1.54) is 23.1 Å². The number of urea groups is 1. The van der Waals surface area contributed by atoms with Gasteiger partial charge in [-0.2, -0.15) is 0 Å². The van der Waals surface area contributed by atoms with Crippen molar-refractivity contribution in [1.29, 1.82) is 0 Å². The van der Waals surface area contributed by atoms with E-state index in [-0.39, 0.29) is 31.1 Å². The maximum atomic E-state index is 13.4. The number of nitrogens with one attached hydrogen (secondary N) is 1. The summed E-state index contributed by atoms with van der Waals surface area (Å²) in [4.78, 5) is 51.1. The molecule has 0 bridgehead atoms. The highest BCUT2D eigenvalue weighted by molar-refractivity contribution is 6.02. The Bertz CT molecular complexity index is 994. The number of imide groups is 1. The van der Waals surface area contributed by atoms with Crippen LogP contribution in [0.5, 0.6) is 0 Å². The van der Waals surface area contributed by atoms with Gasteiger partial charge in [0.2, 0.25) is 5.91 Å². The molecule has 2 aromatic carbocycles. The first-order valence-electron chi connectivity index (χ1n) is 9.74. The average Bonchev–Trinajstić information content (AvgIpc) is 3.08. The number of benzene rings is 2. The molecule has 162 valence electrons. The Morgan fingerprint density at radius 3 is 2.61 bits per heavy atom. The molecular weight excluding hydrogens is 405 g/mol. The Morgan fingerprint density at radius 2 is 1.94 bits per heavy atom. The SMILES string of the molecule is CCN(Cc1cccc(F)c1)C(=O)COC(=O)c1ccccc1CN1C(=O)CNC1=O. The van der Waals surface area contributed by atoms with Crippen LogP contribution in [0.2, 0.25) is 0 Å². The minimum Gasteiger partial charge on any atom is -0.452 e. The van der Waals surface area contributed by atoms with Crippen LogP contribution in [-0.4, -0.2) is 53.3 Å². The Kier molecular flexibility index (Phi) is 6.96. The van der Waals surface area contributed by atoms with Gasteiger partial charge in [-0.3, -0.25) is 14.5 Å². The second kappa shape index (κ2) is 9.84. The van der Waals surface area contributed by atoms with Gasteiger partial charge in [0.25, 0.3) is 5.91 Å². The summed E-state index contributed by atoms with van der Waals surface area (Å²) in [5.74, 6) is -1.95. The quantitative estimate of drug-likeness (QED) is 0.514. The van der Waals surface area contributed by atoms with E-state index in [9.17, 15) is 23.6 Å². The lowest BCUT2D eigenvalue weighted by Gasteiger charge is -2.21. The molecule has 0 radical (unpaired) electrons. The minimum absolute atomic E-state index is 0.0788. The first-order valence-corrected chi connectivity index (χ1v) is 9.74. The number of likely N-dealkylation sites (N-methyl/N-ethyl adjacent to an activating group) is 1. The van der Waals surface area contributed by atoms with Gasteiger partial charge in [0.15, 0.2) is 6.61 Å². The summed E-state index contributed by atoms with van der Waals surface area (Å²) in [6, 6.07) is 11.8. The maximum absolute atomic E-state index is 13.4. The van der Waals surface area contributed by atoms with E-state index < -0.39 is 30.3 Å². The summed E-state index contributed by atoms with van der Waals surface area (Å²) in [5, 5.41) is 2.42. The number of carbonyl (C=O) groups is 4. The Labute approximate surface area is 178 Å². The highest BCUT2D eigenvalue weighted by Crippen LogP contribution is 2.15. The Morgan fingerprint density at radius 1 is 1.16 bits per heavy atom. The number of ether oxygens (including phenoxy) is 1. The maximum Gasteiger partial charge on any atom is 0.338 e. The monoisotopic (exact) mass is 427 g/mol. The first-order chi connectivity index (χ1) is 14.9. The van der Waals surface area contributed by atoms with Crippen LogP contribution < -0.4 is 5.32 Å². The van der Waals surface area contributed by atoms with Crippen molar-refractivity contribution in [3.05, 3.63) is 71.0 Å². The molecule has 3 rings (SSSR count). The number of hydrogen-bond donors (Lipinski definition) is 1. The van der Waals surface area contributed by atoms with Gasteiger partial charge in [-0.25, -0.2) is 14.0 Å². The molecule has 2 aromatic rings. The molecule has 1 N–H and O–H groups in total. The first kappa shape index (κ1) is 21.9. The molecule has 8 nitrogen and oxygen atoms in total. The van der Waals surface area contributed by atoms with Crippen molar-refractivity contribution >= 4 is 23.8 Å². The summed E-state index contributed by atoms with van der Waals surface area (Å²) in [6.45, 7) is 1.66. The largest absolute Gasteiger partial charge is 0.452 e. The van der Waals surface area contributed by atoms with Crippen molar-refractivity contribution in [2.75, 3.05) is 19.7 Å². The van der Waals surface area contributed by atoms with Gasteiger partial charge < -0.3 is 15.0 Å². The standard InChI is InChI=1S/C22H22FN3O5/c1-2-25(12-15-6-5-8-17(23)10-15)20(28)14-31-21(29)18-9-4-3-7-16(18)13-26-19(27)11-24-22(26)30/h3-10H,2,11-14H2,1H3,(H,24,30). The number of carbonyl (C=O) groups excluding carboxylic acids is 4. The predicted octanol–water partition coefficient (Wildman–Crippen LogP) is 2.08. The molecule has 1 saturated heterocycles. The molecule has 1 aliphatic rings. The smallest absolute Gasteiger partial charge is 0.338 e. The van der Waals surface area contributed by atoms with Gasteiger partial charge in [0.05, 0.1) is 18.7 Å². The molecule has 0 atom stereocenters. The van der Waals surface area contributed by atoms with Crippen LogP contribution in [-0.2, 0) is 27.4 Å². The fraction of sp³-hybridized carbons (Fsp3) is 0.273. The zero-order valence-corrected chi connectivity index (χ0v) is 17.0. The van der Waals surface area contributed by atoms with E-state index in [2.05, 4.69) is 5.32 Å². The van der Waals surface area contributed by atoms with Gasteiger partial charge in [-0.1, -0.05) is 30.3 Å². The molecule has 9 heteroatoms. The van der Waals surface area contributed by atoms with Crippen molar-refractivity contribution in [1.82, 2.24) is 15.1 Å². The van der Waals surface area contributed by atoms with E-state index in [1.54, 1.807) is 37.3 Å². The summed E-state index contributed by atoms with van der Waals surface area (Å²) in [6.07, 6.45) is 0. The third-order valence-corrected chi connectivity index (χ3v) is 4.83. The number of esters is 1. The average molecular weight is 427 g/mol. The molecule has 1 heterocycles. The summed E-state index contributed by atoms with van der Waals surface area (Å²) in [5.41, 5.74) is 1.22. The molecule has 31 heavy (non-hydrogen) atoms. The second-order valence-electron chi connectivity index (χ2n) is 6.91. The highest BCUT2D eigenvalue weighted by atomic mass is 19.1. The van der Waals surface area contributed by atoms with Gasteiger partial charge in [0.1, 0.15) is 5.82 Å². The lowest BCUT2D eigenvalue weighted by Crippen LogP contribution is -2.34. The van der Waals surface area contributed by atoms with Crippen molar-refractivity contribution in [2.24, 2.45) is 0 Å². The predicted molar refractivity (Wildman–Crippen MR) is 108 cm³/mol. The highest BCUT2D eigenvalue weighted by Gasteiger charge is 2.29. The van der Waals surface area contributed by atoms with Crippen molar-refractivity contribution in [3.8, 4) is 0 Å². The number of hydrogen-bond acceptors (Lipinski definition) is 5. The summed E-state index contributed by atoms with van der Waals surface area (Å²) < 4.78 is 18.6. The van der Waals surface area contributed by atoms with Gasteiger partial charge >= 0.3 is 12.0 Å². The molecule has 0 unspecified atom stereocenters. The number of amides is 4. The van der Waals surface area contributed by atoms with E-state index in [0.717, 1.165) is 4.90 Å². The summed E-state index contributed by atoms with van der Waals surface area (Å²) in [7, 11) is 0. The van der Waals surface area contributed by atoms with E-state index in [4.69, 9.17) is 4.74 Å². The Hall–Kier alpha value is -3.75. The Balaban J connectivity index is 1.63. The molecular formula is C22H22FN3O5. The van der Waals surface area contributed by atoms with Crippen LogP contribution in [0.4, 0.5) is 9.18 Å². The number of halogens is 1. The third kappa shape index (κ3) is 5.44.